The molecule has 2 aromatic rings. The molecule has 1 aliphatic rings. The third-order valence-corrected chi connectivity index (χ3v) is 7.82. The minimum Gasteiger partial charge on any atom is -0.340 e. The van der Waals surface area contributed by atoms with Crippen molar-refractivity contribution >= 4 is 50.5 Å². The largest absolute Gasteiger partial charge is 0.340 e. The Morgan fingerprint density at radius 3 is 2.54 bits per heavy atom. The van der Waals surface area contributed by atoms with Crippen molar-refractivity contribution in [1.29, 1.82) is 0 Å². The van der Waals surface area contributed by atoms with Gasteiger partial charge in [0.05, 0.1) is 27.2 Å². The molecule has 1 aromatic heterocycles. The molecule has 0 saturated carbocycles. The van der Waals surface area contributed by atoms with E-state index >= 15 is 0 Å². The summed E-state index contributed by atoms with van der Waals surface area (Å²) in [7, 11) is -3.75. The summed E-state index contributed by atoms with van der Waals surface area (Å²) < 4.78 is 26.9. The van der Waals surface area contributed by atoms with Crippen LogP contribution in [0.4, 0.5) is 0 Å². The second kappa shape index (κ2) is 7.82. The molecule has 1 amide bonds. The van der Waals surface area contributed by atoms with Crippen molar-refractivity contribution in [3.63, 3.8) is 0 Å². The third kappa shape index (κ3) is 4.04. The Hall–Kier alpha value is -1.19. The predicted octanol–water partition coefficient (Wildman–Crippen LogP) is 2.83. The van der Waals surface area contributed by atoms with Crippen LogP contribution in [-0.2, 0) is 21.2 Å². The monoisotopic (exact) mass is 433 g/mol. The average molecular weight is 434 g/mol. The highest BCUT2D eigenvalue weighted by Gasteiger charge is 2.32. The first kappa shape index (κ1) is 19.6. The second-order valence-electron chi connectivity index (χ2n) is 5.87. The fourth-order valence-corrected chi connectivity index (χ4v) is 5.53. The number of sulfonamides is 1. The fraction of sp³-hybridized carbons (Fsp3) is 0.375. The first-order valence-corrected chi connectivity index (χ1v) is 11.0. The molecule has 0 radical (unpaired) electrons. The number of hydrogen-bond donors (Lipinski definition) is 0. The lowest BCUT2D eigenvalue weighted by atomic mass is 10.2. The van der Waals surface area contributed by atoms with Gasteiger partial charge in [-0.2, -0.15) is 4.31 Å². The number of piperazine rings is 1. The predicted molar refractivity (Wildman–Crippen MR) is 102 cm³/mol. The van der Waals surface area contributed by atoms with Crippen LogP contribution >= 0.6 is 34.5 Å². The minimum atomic E-state index is -3.75. The Morgan fingerprint density at radius 1 is 1.23 bits per heavy atom. The lowest BCUT2D eigenvalue weighted by Gasteiger charge is -2.34. The number of rotatable bonds is 4. The van der Waals surface area contributed by atoms with Crippen LogP contribution in [-0.4, -0.2) is 54.7 Å². The van der Waals surface area contributed by atoms with E-state index in [0.29, 0.717) is 13.1 Å². The van der Waals surface area contributed by atoms with Gasteiger partial charge >= 0.3 is 0 Å². The fourth-order valence-electron chi connectivity index (χ4n) is 2.76. The van der Waals surface area contributed by atoms with Crippen molar-refractivity contribution in [2.75, 3.05) is 26.2 Å². The maximum absolute atomic E-state index is 12.8. The van der Waals surface area contributed by atoms with Gasteiger partial charge in [-0.15, -0.1) is 11.3 Å². The molecule has 1 fully saturated rings. The molecule has 2 heterocycles. The normalized spacial score (nSPS) is 16.0. The second-order valence-corrected chi connectivity index (χ2v) is 9.63. The number of carbonyl (C=O) groups is 1. The summed E-state index contributed by atoms with van der Waals surface area (Å²) in [6.07, 6.45) is 0.233. The first-order chi connectivity index (χ1) is 12.3. The van der Waals surface area contributed by atoms with E-state index in [9.17, 15) is 13.2 Å². The van der Waals surface area contributed by atoms with Crippen LogP contribution < -0.4 is 0 Å². The Labute approximate surface area is 166 Å². The highest BCUT2D eigenvalue weighted by atomic mass is 35.5. The van der Waals surface area contributed by atoms with Crippen molar-refractivity contribution in [1.82, 2.24) is 14.2 Å². The van der Waals surface area contributed by atoms with Crippen LogP contribution in [0.25, 0.3) is 0 Å². The number of benzene rings is 1. The molecule has 0 aliphatic carbocycles. The third-order valence-electron chi connectivity index (χ3n) is 4.12. The van der Waals surface area contributed by atoms with Crippen LogP contribution in [0.5, 0.6) is 0 Å². The number of halogens is 2. The number of aromatic nitrogens is 1. The summed E-state index contributed by atoms with van der Waals surface area (Å²) in [5.41, 5.74) is 0.748. The molecule has 0 bridgehead atoms. The van der Waals surface area contributed by atoms with Crippen molar-refractivity contribution in [2.45, 2.75) is 18.2 Å². The summed E-state index contributed by atoms with van der Waals surface area (Å²) in [6, 6.07) is 4.53. The zero-order valence-electron chi connectivity index (χ0n) is 14.0. The molecule has 3 rings (SSSR count). The number of amides is 1. The highest BCUT2D eigenvalue weighted by Crippen LogP contribution is 2.31. The van der Waals surface area contributed by atoms with Gasteiger partial charge in [0, 0.05) is 31.6 Å². The molecule has 1 aliphatic heterocycles. The smallest absolute Gasteiger partial charge is 0.244 e. The van der Waals surface area contributed by atoms with Crippen molar-refractivity contribution in [3.8, 4) is 0 Å². The maximum atomic E-state index is 12.8. The Kier molecular flexibility index (Phi) is 5.88. The number of aryl methyl sites for hydroxylation is 1. The molecule has 1 saturated heterocycles. The topological polar surface area (TPSA) is 70.6 Å². The van der Waals surface area contributed by atoms with Gasteiger partial charge in [-0.3, -0.25) is 4.79 Å². The Balaban J connectivity index is 1.66. The van der Waals surface area contributed by atoms with Gasteiger partial charge in [-0.1, -0.05) is 29.3 Å². The SMILES string of the molecule is Cc1nc(CC(=O)N2CCN(S(=O)(=O)c3cccc(Cl)c3Cl)CC2)cs1. The van der Waals surface area contributed by atoms with Gasteiger partial charge in [-0.25, -0.2) is 13.4 Å². The lowest BCUT2D eigenvalue weighted by Crippen LogP contribution is -2.50. The van der Waals surface area contributed by atoms with Gasteiger partial charge in [0.2, 0.25) is 15.9 Å². The first-order valence-electron chi connectivity index (χ1n) is 7.92. The minimum absolute atomic E-state index is 0.00982. The van der Waals surface area contributed by atoms with Gasteiger partial charge in [0.25, 0.3) is 0 Å². The lowest BCUT2D eigenvalue weighted by molar-refractivity contribution is -0.131. The Morgan fingerprint density at radius 2 is 1.92 bits per heavy atom. The number of carbonyl (C=O) groups excluding carboxylic acids is 1. The van der Waals surface area contributed by atoms with E-state index in [1.54, 1.807) is 17.0 Å². The Bertz CT molecular complexity index is 923. The summed E-state index contributed by atoms with van der Waals surface area (Å²) in [4.78, 5) is 18.3. The van der Waals surface area contributed by atoms with Crippen LogP contribution in [0, 0.1) is 6.92 Å². The van der Waals surface area contributed by atoms with Crippen LogP contribution in [0.3, 0.4) is 0 Å². The summed E-state index contributed by atoms with van der Waals surface area (Å²) in [6.45, 7) is 2.99. The molecule has 26 heavy (non-hydrogen) atoms. The number of thiazole rings is 1. The molecule has 140 valence electrons. The molecule has 0 spiro atoms. The van der Waals surface area contributed by atoms with E-state index in [0.717, 1.165) is 10.7 Å². The summed E-state index contributed by atoms with van der Waals surface area (Å²) >= 11 is 13.5. The zero-order valence-corrected chi connectivity index (χ0v) is 17.1. The molecular formula is C16H17Cl2N3O3S2. The molecule has 10 heteroatoms. The molecular weight excluding hydrogens is 417 g/mol. The van der Waals surface area contributed by atoms with E-state index in [-0.39, 0.29) is 40.4 Å². The van der Waals surface area contributed by atoms with Crippen molar-refractivity contribution in [3.05, 3.63) is 44.3 Å². The van der Waals surface area contributed by atoms with Crippen molar-refractivity contribution in [2.24, 2.45) is 0 Å². The molecule has 0 atom stereocenters. The standard InChI is InChI=1S/C16H17Cl2N3O3S2/c1-11-19-12(10-25-11)9-15(22)20-5-7-21(8-6-20)26(23,24)14-4-2-3-13(17)16(14)18/h2-4,10H,5-9H2,1H3. The van der Waals surface area contributed by atoms with Crippen LogP contribution in [0.1, 0.15) is 10.7 Å². The van der Waals surface area contributed by atoms with E-state index in [2.05, 4.69) is 4.98 Å². The van der Waals surface area contributed by atoms with Gasteiger partial charge in [0.1, 0.15) is 4.90 Å². The molecule has 0 N–H and O–H groups in total. The quantitative estimate of drug-likeness (QED) is 0.742. The maximum Gasteiger partial charge on any atom is 0.244 e. The van der Waals surface area contributed by atoms with Gasteiger partial charge < -0.3 is 4.90 Å². The molecule has 1 aromatic carbocycles. The highest BCUT2D eigenvalue weighted by molar-refractivity contribution is 7.89. The van der Waals surface area contributed by atoms with Crippen molar-refractivity contribution < 1.29 is 13.2 Å². The average Bonchev–Trinajstić information content (AvgIpc) is 3.02. The number of nitrogens with zero attached hydrogens (tertiary/aromatic N) is 3. The summed E-state index contributed by atoms with van der Waals surface area (Å²) in [5.74, 6) is -0.0480. The number of hydrogen-bond acceptors (Lipinski definition) is 5. The van der Waals surface area contributed by atoms with Crippen LogP contribution in [0.2, 0.25) is 10.0 Å². The van der Waals surface area contributed by atoms with E-state index in [4.69, 9.17) is 23.2 Å². The molecule has 6 nitrogen and oxygen atoms in total. The zero-order chi connectivity index (χ0) is 18.9. The van der Waals surface area contributed by atoms with Crippen LogP contribution in [0.15, 0.2) is 28.5 Å². The van der Waals surface area contributed by atoms with E-state index < -0.39 is 10.0 Å². The van der Waals surface area contributed by atoms with E-state index in [1.807, 2.05) is 12.3 Å². The van der Waals surface area contributed by atoms with Gasteiger partial charge in [0.15, 0.2) is 0 Å². The van der Waals surface area contributed by atoms with E-state index in [1.165, 1.54) is 21.7 Å². The summed E-state index contributed by atoms with van der Waals surface area (Å²) in [5, 5.41) is 3.00. The molecule has 0 unspecified atom stereocenters. The van der Waals surface area contributed by atoms with Gasteiger partial charge in [-0.05, 0) is 19.1 Å².